The first kappa shape index (κ1) is 14.8. The SMILES string of the molecule is CC(=O)NC(CSCc1ccnc(Cl)c1)C(=O)O. The number of carbonyl (C=O) groups is 2. The molecule has 0 spiro atoms. The van der Waals surface area contributed by atoms with Crippen LogP contribution in [-0.4, -0.2) is 33.8 Å². The number of pyridine rings is 1. The van der Waals surface area contributed by atoms with E-state index < -0.39 is 12.0 Å². The molecule has 1 heterocycles. The molecule has 2 N–H and O–H groups in total. The van der Waals surface area contributed by atoms with Crippen LogP contribution in [-0.2, 0) is 15.3 Å². The molecule has 0 aromatic carbocycles. The van der Waals surface area contributed by atoms with Gasteiger partial charge in [0.15, 0.2) is 0 Å². The van der Waals surface area contributed by atoms with Crippen LogP contribution in [0.2, 0.25) is 5.15 Å². The van der Waals surface area contributed by atoms with Crippen LogP contribution < -0.4 is 5.32 Å². The Morgan fingerprint density at radius 3 is 2.89 bits per heavy atom. The van der Waals surface area contributed by atoms with Crippen LogP contribution >= 0.6 is 23.4 Å². The van der Waals surface area contributed by atoms with Gasteiger partial charge in [-0.25, -0.2) is 9.78 Å². The highest BCUT2D eigenvalue weighted by Crippen LogP contribution is 2.15. The molecule has 0 aliphatic heterocycles. The molecule has 0 aliphatic carbocycles. The summed E-state index contributed by atoms with van der Waals surface area (Å²) in [5.74, 6) is -0.471. The molecular weight excluding hydrogens is 276 g/mol. The molecular formula is C11H13ClN2O3S. The van der Waals surface area contributed by atoms with E-state index in [1.807, 2.05) is 6.07 Å². The predicted octanol–water partition coefficient (Wildman–Crippen LogP) is 1.56. The summed E-state index contributed by atoms with van der Waals surface area (Å²) in [5.41, 5.74) is 0.965. The van der Waals surface area contributed by atoms with E-state index in [9.17, 15) is 9.59 Å². The maximum Gasteiger partial charge on any atom is 0.327 e. The Bertz CT molecular complexity index is 442. The summed E-state index contributed by atoms with van der Waals surface area (Å²) in [6.07, 6.45) is 1.60. The first-order valence-electron chi connectivity index (χ1n) is 5.17. The molecule has 1 atom stereocenters. The summed E-state index contributed by atoms with van der Waals surface area (Å²) < 4.78 is 0. The van der Waals surface area contributed by atoms with Gasteiger partial charge in [0.2, 0.25) is 5.91 Å². The van der Waals surface area contributed by atoms with Crippen LogP contribution in [0.1, 0.15) is 12.5 Å². The van der Waals surface area contributed by atoms with Crippen molar-refractivity contribution in [1.82, 2.24) is 10.3 Å². The summed E-state index contributed by atoms with van der Waals surface area (Å²) in [7, 11) is 0. The molecule has 98 valence electrons. The van der Waals surface area contributed by atoms with Gasteiger partial charge in [-0.1, -0.05) is 11.6 Å². The molecule has 7 heteroatoms. The molecule has 1 unspecified atom stereocenters. The number of hydrogen-bond donors (Lipinski definition) is 2. The monoisotopic (exact) mass is 288 g/mol. The quantitative estimate of drug-likeness (QED) is 0.777. The third-order valence-electron chi connectivity index (χ3n) is 2.02. The lowest BCUT2D eigenvalue weighted by molar-refractivity contribution is -0.140. The Morgan fingerprint density at radius 2 is 2.33 bits per heavy atom. The van der Waals surface area contributed by atoms with Gasteiger partial charge in [-0.3, -0.25) is 4.79 Å². The Balaban J connectivity index is 2.43. The van der Waals surface area contributed by atoms with Crippen molar-refractivity contribution < 1.29 is 14.7 Å². The molecule has 0 bridgehead atoms. The third-order valence-corrected chi connectivity index (χ3v) is 3.33. The highest BCUT2D eigenvalue weighted by atomic mass is 35.5. The minimum Gasteiger partial charge on any atom is -0.480 e. The molecule has 1 aromatic heterocycles. The van der Waals surface area contributed by atoms with Crippen molar-refractivity contribution in [2.45, 2.75) is 18.7 Å². The first-order valence-corrected chi connectivity index (χ1v) is 6.70. The maximum absolute atomic E-state index is 10.9. The lowest BCUT2D eigenvalue weighted by Gasteiger charge is -2.12. The van der Waals surface area contributed by atoms with Crippen molar-refractivity contribution in [3.63, 3.8) is 0 Å². The van der Waals surface area contributed by atoms with Crippen LogP contribution in [0.5, 0.6) is 0 Å². The molecule has 0 saturated heterocycles. The Morgan fingerprint density at radius 1 is 1.61 bits per heavy atom. The minimum absolute atomic E-state index is 0.300. The summed E-state index contributed by atoms with van der Waals surface area (Å²) in [5, 5.41) is 11.7. The summed E-state index contributed by atoms with van der Waals surface area (Å²) in [4.78, 5) is 25.6. The van der Waals surface area contributed by atoms with Crippen LogP contribution in [0.4, 0.5) is 0 Å². The van der Waals surface area contributed by atoms with Gasteiger partial charge >= 0.3 is 5.97 Å². The zero-order chi connectivity index (χ0) is 13.5. The summed E-state index contributed by atoms with van der Waals surface area (Å²) >= 11 is 7.15. The number of thioether (sulfide) groups is 1. The summed E-state index contributed by atoms with van der Waals surface area (Å²) in [6, 6.07) is 2.67. The molecule has 0 saturated carbocycles. The van der Waals surface area contributed by atoms with Gasteiger partial charge in [-0.15, -0.1) is 0 Å². The van der Waals surface area contributed by atoms with E-state index in [0.29, 0.717) is 16.7 Å². The average molecular weight is 289 g/mol. The number of carboxylic acid groups (broad SMARTS) is 1. The first-order chi connectivity index (χ1) is 8.49. The fourth-order valence-electron chi connectivity index (χ4n) is 1.25. The normalized spacial score (nSPS) is 11.9. The fraction of sp³-hybridized carbons (Fsp3) is 0.364. The van der Waals surface area contributed by atoms with E-state index >= 15 is 0 Å². The zero-order valence-electron chi connectivity index (χ0n) is 9.72. The third kappa shape index (κ3) is 5.37. The molecule has 1 amide bonds. The van der Waals surface area contributed by atoms with Crippen molar-refractivity contribution in [1.29, 1.82) is 0 Å². The molecule has 5 nitrogen and oxygen atoms in total. The number of amides is 1. The molecule has 18 heavy (non-hydrogen) atoms. The number of hydrogen-bond acceptors (Lipinski definition) is 4. The van der Waals surface area contributed by atoms with Gasteiger partial charge in [0, 0.05) is 24.6 Å². The molecule has 1 rings (SSSR count). The van der Waals surface area contributed by atoms with Crippen LogP contribution in [0.15, 0.2) is 18.3 Å². The van der Waals surface area contributed by atoms with Crippen molar-refractivity contribution in [3.8, 4) is 0 Å². The second-order valence-electron chi connectivity index (χ2n) is 3.59. The Kier molecular flexibility index (Phi) is 5.94. The van der Waals surface area contributed by atoms with Gasteiger partial charge < -0.3 is 10.4 Å². The van der Waals surface area contributed by atoms with Gasteiger partial charge in [0.1, 0.15) is 11.2 Å². The van der Waals surface area contributed by atoms with Crippen LogP contribution in [0.3, 0.4) is 0 Å². The van der Waals surface area contributed by atoms with Gasteiger partial charge in [-0.05, 0) is 17.7 Å². The number of aromatic nitrogens is 1. The second-order valence-corrected chi connectivity index (χ2v) is 5.01. The van der Waals surface area contributed by atoms with Crippen molar-refractivity contribution in [2.75, 3.05) is 5.75 Å². The Hall–Kier alpha value is -1.27. The number of halogens is 1. The number of nitrogens with one attached hydrogen (secondary N) is 1. The standard InChI is InChI=1S/C11H13ClN2O3S/c1-7(15)14-9(11(16)17)6-18-5-8-2-3-13-10(12)4-8/h2-4,9H,5-6H2,1H3,(H,14,15)(H,16,17). The number of rotatable bonds is 6. The molecule has 0 radical (unpaired) electrons. The van der Waals surface area contributed by atoms with Crippen LogP contribution in [0, 0.1) is 0 Å². The van der Waals surface area contributed by atoms with Gasteiger partial charge in [0.25, 0.3) is 0 Å². The van der Waals surface area contributed by atoms with E-state index in [-0.39, 0.29) is 5.91 Å². The average Bonchev–Trinajstić information content (AvgIpc) is 2.27. The Labute approximate surface area is 114 Å². The predicted molar refractivity (Wildman–Crippen MR) is 70.6 cm³/mol. The smallest absolute Gasteiger partial charge is 0.327 e. The topological polar surface area (TPSA) is 79.3 Å². The zero-order valence-corrected chi connectivity index (χ0v) is 11.3. The molecule has 0 aliphatic rings. The van der Waals surface area contributed by atoms with Crippen molar-refractivity contribution in [3.05, 3.63) is 29.0 Å². The molecule has 0 fully saturated rings. The van der Waals surface area contributed by atoms with Gasteiger partial charge in [0.05, 0.1) is 0 Å². The lowest BCUT2D eigenvalue weighted by Crippen LogP contribution is -2.41. The maximum atomic E-state index is 10.9. The number of carbonyl (C=O) groups excluding carboxylic acids is 1. The van der Waals surface area contributed by atoms with E-state index in [1.165, 1.54) is 18.7 Å². The summed E-state index contributed by atoms with van der Waals surface area (Å²) in [6.45, 7) is 1.29. The lowest BCUT2D eigenvalue weighted by atomic mass is 10.3. The minimum atomic E-state index is -1.04. The molecule has 1 aromatic rings. The van der Waals surface area contributed by atoms with E-state index in [4.69, 9.17) is 16.7 Å². The van der Waals surface area contributed by atoms with Crippen molar-refractivity contribution >= 4 is 35.2 Å². The van der Waals surface area contributed by atoms with Gasteiger partial charge in [-0.2, -0.15) is 11.8 Å². The highest BCUT2D eigenvalue weighted by Gasteiger charge is 2.17. The number of nitrogens with zero attached hydrogens (tertiary/aromatic N) is 1. The van der Waals surface area contributed by atoms with Crippen molar-refractivity contribution in [2.24, 2.45) is 0 Å². The number of carboxylic acids is 1. The van der Waals surface area contributed by atoms with E-state index in [1.54, 1.807) is 12.3 Å². The largest absolute Gasteiger partial charge is 0.480 e. The van der Waals surface area contributed by atoms with Crippen LogP contribution in [0.25, 0.3) is 0 Å². The fourth-order valence-corrected chi connectivity index (χ4v) is 2.44. The van der Waals surface area contributed by atoms with E-state index in [2.05, 4.69) is 10.3 Å². The van der Waals surface area contributed by atoms with E-state index in [0.717, 1.165) is 5.56 Å². The second kappa shape index (κ2) is 7.23. The highest BCUT2D eigenvalue weighted by molar-refractivity contribution is 7.98. The number of aliphatic carboxylic acids is 1.